The number of likely N-dealkylation sites (N-methyl/N-ethyl adjacent to an activating group) is 1. The molecule has 0 unspecified atom stereocenters. The molecule has 17 heavy (non-hydrogen) atoms. The SMILES string of the molecule is CC(C(=O)N(C)Cc1csc(C)n1)=C1CNC1. The van der Waals surface area contributed by atoms with Gasteiger partial charge in [-0.25, -0.2) is 4.98 Å². The highest BCUT2D eigenvalue weighted by Gasteiger charge is 2.19. The topological polar surface area (TPSA) is 45.2 Å². The zero-order valence-electron chi connectivity index (χ0n) is 10.4. The van der Waals surface area contributed by atoms with Gasteiger partial charge in [-0.15, -0.1) is 11.3 Å². The Morgan fingerprint density at radius 2 is 2.29 bits per heavy atom. The third-order valence-electron chi connectivity index (χ3n) is 2.94. The summed E-state index contributed by atoms with van der Waals surface area (Å²) in [5.74, 6) is 0.104. The van der Waals surface area contributed by atoms with Gasteiger partial charge in [0.2, 0.25) is 5.91 Å². The highest BCUT2D eigenvalue weighted by atomic mass is 32.1. The molecule has 1 aliphatic heterocycles. The molecule has 0 atom stereocenters. The van der Waals surface area contributed by atoms with Gasteiger partial charge in [0.05, 0.1) is 17.2 Å². The van der Waals surface area contributed by atoms with Crippen molar-refractivity contribution < 1.29 is 4.79 Å². The van der Waals surface area contributed by atoms with Gasteiger partial charge < -0.3 is 10.2 Å². The van der Waals surface area contributed by atoms with E-state index in [9.17, 15) is 4.79 Å². The standard InChI is InChI=1S/C12H17N3OS/c1-8(10-4-13-5-10)12(16)15(3)6-11-7-17-9(2)14-11/h7,13H,4-6H2,1-3H3. The molecule has 1 aliphatic rings. The number of rotatable bonds is 3. The molecule has 2 heterocycles. The van der Waals surface area contributed by atoms with Crippen LogP contribution in [0.3, 0.4) is 0 Å². The number of hydrogen-bond donors (Lipinski definition) is 1. The maximum Gasteiger partial charge on any atom is 0.249 e. The summed E-state index contributed by atoms with van der Waals surface area (Å²) in [5, 5.41) is 6.20. The van der Waals surface area contributed by atoms with Crippen LogP contribution in [0.15, 0.2) is 16.5 Å². The lowest BCUT2D eigenvalue weighted by Crippen LogP contribution is -2.38. The van der Waals surface area contributed by atoms with Crippen molar-refractivity contribution in [3.05, 3.63) is 27.2 Å². The molecule has 1 aromatic rings. The molecule has 1 aromatic heterocycles. The van der Waals surface area contributed by atoms with Crippen molar-refractivity contribution in [2.24, 2.45) is 0 Å². The molecular formula is C12H17N3OS. The number of aryl methyl sites for hydroxylation is 1. The molecular weight excluding hydrogens is 234 g/mol. The van der Waals surface area contributed by atoms with Crippen LogP contribution in [0.25, 0.3) is 0 Å². The third-order valence-corrected chi connectivity index (χ3v) is 3.76. The van der Waals surface area contributed by atoms with Crippen molar-refractivity contribution in [2.75, 3.05) is 20.1 Å². The normalized spacial score (nSPS) is 14.4. The minimum atomic E-state index is 0.104. The van der Waals surface area contributed by atoms with Gasteiger partial charge in [0, 0.05) is 31.1 Å². The minimum absolute atomic E-state index is 0.104. The summed E-state index contributed by atoms with van der Waals surface area (Å²) in [6, 6.07) is 0. The fourth-order valence-corrected chi connectivity index (χ4v) is 2.35. The monoisotopic (exact) mass is 251 g/mol. The Kier molecular flexibility index (Phi) is 3.59. The number of nitrogens with one attached hydrogen (secondary N) is 1. The number of carbonyl (C=O) groups excluding carboxylic acids is 1. The maximum absolute atomic E-state index is 12.1. The Labute approximate surface area is 105 Å². The average molecular weight is 251 g/mol. The molecule has 2 rings (SSSR count). The predicted octanol–water partition coefficient (Wildman–Crippen LogP) is 1.33. The molecule has 1 N–H and O–H groups in total. The summed E-state index contributed by atoms with van der Waals surface area (Å²) in [6.07, 6.45) is 0. The van der Waals surface area contributed by atoms with E-state index in [-0.39, 0.29) is 5.91 Å². The summed E-state index contributed by atoms with van der Waals surface area (Å²) in [6.45, 7) is 6.16. The molecule has 0 spiro atoms. The van der Waals surface area contributed by atoms with E-state index in [1.54, 1.807) is 16.2 Å². The maximum atomic E-state index is 12.1. The van der Waals surface area contributed by atoms with Crippen LogP contribution in [0, 0.1) is 6.92 Å². The second-order valence-electron chi connectivity index (χ2n) is 4.35. The van der Waals surface area contributed by atoms with Crippen LogP contribution in [0.5, 0.6) is 0 Å². The lowest BCUT2D eigenvalue weighted by atomic mass is 10.0. The first-order valence-electron chi connectivity index (χ1n) is 5.63. The van der Waals surface area contributed by atoms with Crippen LogP contribution < -0.4 is 5.32 Å². The van der Waals surface area contributed by atoms with Crippen molar-refractivity contribution in [3.63, 3.8) is 0 Å². The number of nitrogens with zero attached hydrogens (tertiary/aromatic N) is 2. The van der Waals surface area contributed by atoms with E-state index in [0.717, 1.165) is 29.4 Å². The summed E-state index contributed by atoms with van der Waals surface area (Å²) in [4.78, 5) is 18.2. The lowest BCUT2D eigenvalue weighted by molar-refractivity contribution is -0.126. The van der Waals surface area contributed by atoms with E-state index in [1.807, 2.05) is 26.3 Å². The predicted molar refractivity (Wildman–Crippen MR) is 68.9 cm³/mol. The fourth-order valence-electron chi connectivity index (χ4n) is 1.75. The molecule has 0 aliphatic carbocycles. The number of amides is 1. The Morgan fingerprint density at radius 3 is 2.76 bits per heavy atom. The van der Waals surface area contributed by atoms with Crippen LogP contribution >= 0.6 is 11.3 Å². The molecule has 0 aromatic carbocycles. The van der Waals surface area contributed by atoms with E-state index >= 15 is 0 Å². The molecule has 4 nitrogen and oxygen atoms in total. The van der Waals surface area contributed by atoms with E-state index < -0.39 is 0 Å². The molecule has 1 saturated heterocycles. The number of carbonyl (C=O) groups is 1. The Balaban J connectivity index is 2.00. The van der Waals surface area contributed by atoms with Crippen LogP contribution in [-0.4, -0.2) is 35.9 Å². The molecule has 1 fully saturated rings. The van der Waals surface area contributed by atoms with Crippen molar-refractivity contribution in [2.45, 2.75) is 20.4 Å². The van der Waals surface area contributed by atoms with Gasteiger partial charge in [-0.05, 0) is 19.4 Å². The van der Waals surface area contributed by atoms with Gasteiger partial charge in [-0.2, -0.15) is 0 Å². The van der Waals surface area contributed by atoms with Crippen LogP contribution in [0.4, 0.5) is 0 Å². The molecule has 0 bridgehead atoms. The van der Waals surface area contributed by atoms with Crippen molar-refractivity contribution in [1.82, 2.24) is 15.2 Å². The second-order valence-corrected chi connectivity index (χ2v) is 5.41. The van der Waals surface area contributed by atoms with E-state index in [0.29, 0.717) is 6.54 Å². The van der Waals surface area contributed by atoms with E-state index in [1.165, 1.54) is 5.57 Å². The number of hydrogen-bond acceptors (Lipinski definition) is 4. The van der Waals surface area contributed by atoms with Gasteiger partial charge in [-0.1, -0.05) is 0 Å². The minimum Gasteiger partial charge on any atom is -0.336 e. The van der Waals surface area contributed by atoms with Gasteiger partial charge in [-0.3, -0.25) is 4.79 Å². The van der Waals surface area contributed by atoms with Crippen molar-refractivity contribution in [3.8, 4) is 0 Å². The van der Waals surface area contributed by atoms with Gasteiger partial charge in [0.25, 0.3) is 0 Å². The van der Waals surface area contributed by atoms with Crippen molar-refractivity contribution in [1.29, 1.82) is 0 Å². The highest BCUT2D eigenvalue weighted by molar-refractivity contribution is 7.09. The molecule has 0 radical (unpaired) electrons. The largest absolute Gasteiger partial charge is 0.336 e. The van der Waals surface area contributed by atoms with Crippen molar-refractivity contribution >= 4 is 17.2 Å². The van der Waals surface area contributed by atoms with Crippen LogP contribution in [-0.2, 0) is 11.3 Å². The molecule has 0 saturated carbocycles. The van der Waals surface area contributed by atoms with Gasteiger partial charge in [0.1, 0.15) is 0 Å². The third kappa shape index (κ3) is 2.73. The van der Waals surface area contributed by atoms with Crippen LogP contribution in [0.2, 0.25) is 0 Å². The summed E-state index contributed by atoms with van der Waals surface area (Å²) in [5.41, 5.74) is 3.06. The van der Waals surface area contributed by atoms with Crippen LogP contribution in [0.1, 0.15) is 17.6 Å². The fraction of sp³-hybridized carbons (Fsp3) is 0.500. The molecule has 92 valence electrons. The first-order chi connectivity index (χ1) is 8.08. The molecule has 5 heteroatoms. The first kappa shape index (κ1) is 12.3. The zero-order chi connectivity index (χ0) is 12.4. The lowest BCUT2D eigenvalue weighted by Gasteiger charge is -2.24. The highest BCUT2D eigenvalue weighted by Crippen LogP contribution is 2.14. The van der Waals surface area contributed by atoms with E-state index in [2.05, 4.69) is 10.3 Å². The summed E-state index contributed by atoms with van der Waals surface area (Å²) < 4.78 is 0. The first-order valence-corrected chi connectivity index (χ1v) is 6.51. The summed E-state index contributed by atoms with van der Waals surface area (Å²) in [7, 11) is 1.83. The smallest absolute Gasteiger partial charge is 0.249 e. The Hall–Kier alpha value is -1.20. The van der Waals surface area contributed by atoms with Gasteiger partial charge in [0.15, 0.2) is 0 Å². The number of aromatic nitrogens is 1. The van der Waals surface area contributed by atoms with E-state index in [4.69, 9.17) is 0 Å². The Bertz CT molecular complexity index is 458. The second kappa shape index (κ2) is 4.98. The molecule has 1 amide bonds. The summed E-state index contributed by atoms with van der Waals surface area (Å²) >= 11 is 1.62. The quantitative estimate of drug-likeness (QED) is 0.824. The Morgan fingerprint density at radius 1 is 1.59 bits per heavy atom. The van der Waals surface area contributed by atoms with Gasteiger partial charge >= 0.3 is 0 Å². The number of thiazole rings is 1. The average Bonchev–Trinajstić information content (AvgIpc) is 2.60. The zero-order valence-corrected chi connectivity index (χ0v) is 11.2.